The van der Waals surface area contributed by atoms with Gasteiger partial charge in [-0.25, -0.2) is 4.90 Å². The van der Waals surface area contributed by atoms with Gasteiger partial charge in [-0.3, -0.25) is 14.4 Å². The molecule has 2 heterocycles. The lowest BCUT2D eigenvalue weighted by atomic mass is 10.1. The minimum absolute atomic E-state index is 0.0796. The van der Waals surface area contributed by atoms with Crippen molar-refractivity contribution in [1.82, 2.24) is 0 Å². The highest BCUT2D eigenvalue weighted by atomic mass is 32.2. The number of likely N-dealkylation sites (N-methyl/N-ethyl adjacent to an activating group) is 1. The van der Waals surface area contributed by atoms with Gasteiger partial charge in [0.1, 0.15) is 0 Å². The number of imide groups is 1. The summed E-state index contributed by atoms with van der Waals surface area (Å²) in [5.74, 6) is -1.27. The van der Waals surface area contributed by atoms with Crippen molar-refractivity contribution in [1.29, 1.82) is 0 Å². The van der Waals surface area contributed by atoms with E-state index in [0.29, 0.717) is 27.9 Å². The van der Waals surface area contributed by atoms with Gasteiger partial charge in [-0.1, -0.05) is 24.3 Å². The summed E-state index contributed by atoms with van der Waals surface area (Å²) in [7, 11) is 1.55. The molecule has 0 bridgehead atoms. The second-order valence-electron chi connectivity index (χ2n) is 6.14. The third-order valence-corrected chi connectivity index (χ3v) is 5.42. The van der Waals surface area contributed by atoms with Gasteiger partial charge in [0.25, 0.3) is 17.1 Å². The lowest BCUT2D eigenvalue weighted by molar-refractivity contribution is -0.137. The average molecular weight is 404 g/mol. The van der Waals surface area contributed by atoms with E-state index in [2.05, 4.69) is 0 Å². The van der Waals surface area contributed by atoms with Crippen molar-refractivity contribution in [3.05, 3.63) is 64.6 Å². The maximum atomic E-state index is 13.0. The Hall–Kier alpha value is -3.07. The molecule has 2 aliphatic heterocycles. The van der Waals surface area contributed by atoms with Crippen LogP contribution in [0, 0.1) is 0 Å². The molecular formula is C19H11F3N2O3S. The number of amides is 3. The molecular weight excluding hydrogens is 393 g/mol. The van der Waals surface area contributed by atoms with Crippen LogP contribution in [0.25, 0.3) is 5.57 Å². The minimum Gasteiger partial charge on any atom is -0.311 e. The number of carbonyl (C=O) groups is 3. The molecule has 2 aromatic carbocycles. The van der Waals surface area contributed by atoms with Crippen LogP contribution in [0.15, 0.2) is 53.4 Å². The number of nitrogens with zero attached hydrogens (tertiary/aromatic N) is 2. The highest BCUT2D eigenvalue weighted by Crippen LogP contribution is 2.45. The van der Waals surface area contributed by atoms with Crippen molar-refractivity contribution in [3.8, 4) is 0 Å². The summed E-state index contributed by atoms with van der Waals surface area (Å²) in [4.78, 5) is 39.9. The summed E-state index contributed by atoms with van der Waals surface area (Å²) in [5, 5.41) is -0.758. The molecule has 9 heteroatoms. The Bertz CT molecular complexity index is 1080. The number of hydrogen-bond donors (Lipinski definition) is 0. The minimum atomic E-state index is -4.61. The van der Waals surface area contributed by atoms with Crippen LogP contribution >= 0.6 is 11.8 Å². The molecule has 28 heavy (non-hydrogen) atoms. The average Bonchev–Trinajstić information content (AvgIpc) is 3.08. The number of fused-ring (bicyclic) bond motifs is 1. The van der Waals surface area contributed by atoms with Crippen molar-refractivity contribution >= 4 is 45.8 Å². The number of rotatable bonds is 1. The van der Waals surface area contributed by atoms with Crippen molar-refractivity contribution in [3.63, 3.8) is 0 Å². The fraction of sp³-hybridized carbons (Fsp3) is 0.105. The molecule has 4 rings (SSSR count). The first-order valence-corrected chi connectivity index (χ1v) is 8.87. The van der Waals surface area contributed by atoms with E-state index in [1.165, 1.54) is 11.0 Å². The van der Waals surface area contributed by atoms with Crippen LogP contribution in [0.4, 0.5) is 29.3 Å². The van der Waals surface area contributed by atoms with E-state index in [1.807, 2.05) is 0 Å². The van der Waals surface area contributed by atoms with E-state index in [-0.39, 0.29) is 16.2 Å². The van der Waals surface area contributed by atoms with Crippen LogP contribution in [0.5, 0.6) is 0 Å². The predicted octanol–water partition coefficient (Wildman–Crippen LogP) is 4.29. The summed E-state index contributed by atoms with van der Waals surface area (Å²) < 4.78 is 38.9. The SMILES string of the molecule is CN1C(=O)/C(=C2\SC(=O)N(c3cccc(C(F)(F)F)c3)C2=O)c2ccccc21. The standard InChI is InChI=1S/C19H11F3N2O3S/c1-23-13-8-3-2-7-12(13)14(16(23)25)15-17(26)24(18(27)28-15)11-6-4-5-10(9-11)19(20,21)22/h2-9H,1H3/b15-14-. The van der Waals surface area contributed by atoms with Gasteiger partial charge in [0.2, 0.25) is 0 Å². The topological polar surface area (TPSA) is 57.7 Å². The first kappa shape index (κ1) is 18.3. The molecule has 5 nitrogen and oxygen atoms in total. The second kappa shape index (κ2) is 6.23. The zero-order valence-corrected chi connectivity index (χ0v) is 15.1. The van der Waals surface area contributed by atoms with Gasteiger partial charge in [-0.15, -0.1) is 0 Å². The summed E-state index contributed by atoms with van der Waals surface area (Å²) in [5.41, 5.74) is 0.00701. The number of alkyl halides is 3. The maximum absolute atomic E-state index is 13.0. The van der Waals surface area contributed by atoms with Gasteiger partial charge in [-0.05, 0) is 36.0 Å². The van der Waals surface area contributed by atoms with Crippen molar-refractivity contribution in [2.75, 3.05) is 16.8 Å². The Labute approximate surface area is 161 Å². The van der Waals surface area contributed by atoms with Gasteiger partial charge in [0.05, 0.1) is 27.4 Å². The summed E-state index contributed by atoms with van der Waals surface area (Å²) >= 11 is 0.545. The number of anilines is 2. The zero-order chi connectivity index (χ0) is 20.2. The second-order valence-corrected chi connectivity index (χ2v) is 7.10. The Morgan fingerprint density at radius 1 is 0.929 bits per heavy atom. The molecule has 0 aliphatic carbocycles. The molecule has 0 unspecified atom stereocenters. The highest BCUT2D eigenvalue weighted by Gasteiger charge is 2.43. The number of thioether (sulfide) groups is 1. The third kappa shape index (κ3) is 2.70. The molecule has 2 aromatic rings. The number of hydrogen-bond acceptors (Lipinski definition) is 4. The van der Waals surface area contributed by atoms with Crippen LogP contribution in [-0.2, 0) is 15.8 Å². The molecule has 0 radical (unpaired) electrons. The van der Waals surface area contributed by atoms with Gasteiger partial charge in [-0.2, -0.15) is 13.2 Å². The Kier molecular flexibility index (Phi) is 4.07. The number of carbonyl (C=O) groups excluding carboxylic acids is 3. The molecule has 0 aromatic heterocycles. The predicted molar refractivity (Wildman–Crippen MR) is 98.7 cm³/mol. The van der Waals surface area contributed by atoms with Gasteiger partial charge in [0, 0.05) is 12.6 Å². The van der Waals surface area contributed by atoms with Crippen molar-refractivity contribution in [2.45, 2.75) is 6.18 Å². The fourth-order valence-electron chi connectivity index (χ4n) is 3.15. The van der Waals surface area contributed by atoms with Crippen molar-refractivity contribution < 1.29 is 27.6 Å². The molecule has 1 fully saturated rings. The number of para-hydroxylation sites is 1. The van der Waals surface area contributed by atoms with E-state index >= 15 is 0 Å². The number of halogens is 3. The molecule has 142 valence electrons. The van der Waals surface area contributed by atoms with Crippen LogP contribution in [0.2, 0.25) is 0 Å². The van der Waals surface area contributed by atoms with Crippen LogP contribution in [0.1, 0.15) is 11.1 Å². The van der Waals surface area contributed by atoms with Crippen LogP contribution < -0.4 is 9.80 Å². The normalized spacial score (nSPS) is 19.6. The Morgan fingerprint density at radius 2 is 1.64 bits per heavy atom. The first-order valence-electron chi connectivity index (χ1n) is 8.05. The first-order chi connectivity index (χ1) is 13.2. The summed E-state index contributed by atoms with van der Waals surface area (Å²) in [6.07, 6.45) is -4.61. The largest absolute Gasteiger partial charge is 0.416 e. The molecule has 0 saturated carbocycles. The molecule has 2 aliphatic rings. The van der Waals surface area contributed by atoms with Crippen LogP contribution in [-0.4, -0.2) is 24.1 Å². The third-order valence-electron chi connectivity index (χ3n) is 4.48. The van der Waals surface area contributed by atoms with E-state index in [9.17, 15) is 27.6 Å². The van der Waals surface area contributed by atoms with Gasteiger partial charge >= 0.3 is 6.18 Å². The quantitative estimate of drug-likeness (QED) is 0.666. The fourth-order valence-corrected chi connectivity index (χ4v) is 4.08. The smallest absolute Gasteiger partial charge is 0.311 e. The van der Waals surface area contributed by atoms with E-state index in [0.717, 1.165) is 18.2 Å². The lowest BCUT2D eigenvalue weighted by Gasteiger charge is -2.15. The van der Waals surface area contributed by atoms with E-state index < -0.39 is 28.8 Å². The molecule has 0 spiro atoms. The van der Waals surface area contributed by atoms with Crippen LogP contribution in [0.3, 0.4) is 0 Å². The monoisotopic (exact) mass is 404 g/mol. The highest BCUT2D eigenvalue weighted by molar-refractivity contribution is 8.19. The summed E-state index contributed by atoms with van der Waals surface area (Å²) in [6.45, 7) is 0. The lowest BCUT2D eigenvalue weighted by Crippen LogP contribution is -2.28. The molecule has 1 saturated heterocycles. The van der Waals surface area contributed by atoms with Crippen molar-refractivity contribution in [2.24, 2.45) is 0 Å². The van der Waals surface area contributed by atoms with E-state index in [4.69, 9.17) is 0 Å². The number of benzene rings is 2. The van der Waals surface area contributed by atoms with E-state index in [1.54, 1.807) is 31.3 Å². The zero-order valence-electron chi connectivity index (χ0n) is 14.3. The Morgan fingerprint density at radius 3 is 2.36 bits per heavy atom. The summed E-state index contributed by atoms with van der Waals surface area (Å²) in [6, 6.07) is 10.8. The maximum Gasteiger partial charge on any atom is 0.416 e. The Balaban J connectivity index is 1.81. The molecule has 0 N–H and O–H groups in total. The molecule has 0 atom stereocenters. The van der Waals surface area contributed by atoms with Gasteiger partial charge in [0.15, 0.2) is 0 Å². The van der Waals surface area contributed by atoms with Gasteiger partial charge < -0.3 is 4.90 Å². The molecule has 3 amide bonds.